The van der Waals surface area contributed by atoms with Gasteiger partial charge in [0.25, 0.3) is 5.56 Å². The maximum atomic E-state index is 15.8. The molecule has 0 radical (unpaired) electrons. The van der Waals surface area contributed by atoms with E-state index in [-0.39, 0.29) is 73.0 Å². The van der Waals surface area contributed by atoms with E-state index in [1.165, 1.54) is 28.1 Å². The van der Waals surface area contributed by atoms with Gasteiger partial charge in [0.15, 0.2) is 5.60 Å². The van der Waals surface area contributed by atoms with Crippen LogP contribution in [0.5, 0.6) is 6.01 Å². The van der Waals surface area contributed by atoms with Crippen molar-refractivity contribution in [3.05, 3.63) is 115 Å². The van der Waals surface area contributed by atoms with Gasteiger partial charge < -0.3 is 38.7 Å². The number of hydrogen-bond donors (Lipinski definition) is 1. The van der Waals surface area contributed by atoms with Crippen molar-refractivity contribution in [1.82, 2.24) is 34.2 Å². The van der Waals surface area contributed by atoms with E-state index in [1.54, 1.807) is 24.5 Å². The van der Waals surface area contributed by atoms with E-state index < -0.39 is 17.6 Å². The Bertz CT molecular complexity index is 3460. The van der Waals surface area contributed by atoms with Crippen molar-refractivity contribution in [1.29, 1.82) is 5.26 Å². The molecule has 4 atom stereocenters. The molecule has 0 spiro atoms. The highest BCUT2D eigenvalue weighted by molar-refractivity contribution is 5.97. The summed E-state index contributed by atoms with van der Waals surface area (Å²) in [4.78, 5) is 68.6. The van der Waals surface area contributed by atoms with Gasteiger partial charge in [0.05, 0.1) is 66.3 Å². The van der Waals surface area contributed by atoms with Crippen LogP contribution in [-0.2, 0) is 52.5 Å². The van der Waals surface area contributed by atoms with E-state index in [2.05, 4.69) is 76.0 Å². The normalized spacial score (nSPS) is 22.0. The van der Waals surface area contributed by atoms with E-state index in [1.807, 2.05) is 11.8 Å². The summed E-state index contributed by atoms with van der Waals surface area (Å²) < 4.78 is 29.2. The van der Waals surface area contributed by atoms with Gasteiger partial charge >= 0.3 is 12.0 Å². The summed E-state index contributed by atoms with van der Waals surface area (Å²) in [6, 6.07) is 18.3. The number of anilines is 2. The molecule has 388 valence electrons. The highest BCUT2D eigenvalue weighted by Gasteiger charge is 2.46. The van der Waals surface area contributed by atoms with Crippen LogP contribution in [0.25, 0.3) is 33.1 Å². The molecule has 8 heterocycles. The maximum Gasteiger partial charge on any atom is 0.343 e. The van der Waals surface area contributed by atoms with Crippen LogP contribution in [0, 0.1) is 31.0 Å². The lowest BCUT2D eigenvalue weighted by Gasteiger charge is -2.44. The summed E-state index contributed by atoms with van der Waals surface area (Å²) >= 11 is 0. The molecule has 12 rings (SSSR count). The second-order valence-electron chi connectivity index (χ2n) is 21.4. The molecule has 5 aliphatic heterocycles. The Morgan fingerprint density at radius 2 is 1.77 bits per heavy atom. The third kappa shape index (κ3) is 8.01. The van der Waals surface area contributed by atoms with Crippen molar-refractivity contribution in [3.8, 4) is 23.5 Å². The second-order valence-corrected chi connectivity index (χ2v) is 21.4. The SMILES string of the molecule is CCN(CC(=O)N1CCN(c2nc(OC[C@@H]3CCCN3C)nc3c2CCN(c2cccc4cccc(C)c24)C3)C[C@@H]1CC#N)[C@H]1CCc2c(C)c(F)cc3nc4c(c1c23)Cn1c-4cc2c(c1=O)COC(=O)[C@]2(O)CC. The fourth-order valence-corrected chi connectivity index (χ4v) is 13.3. The van der Waals surface area contributed by atoms with E-state index in [9.17, 15) is 24.8 Å². The fourth-order valence-electron chi connectivity index (χ4n) is 13.3. The first kappa shape index (κ1) is 48.9. The van der Waals surface area contributed by atoms with Crippen molar-refractivity contribution >= 4 is 45.1 Å². The van der Waals surface area contributed by atoms with Gasteiger partial charge in [-0.25, -0.2) is 14.2 Å². The molecule has 75 heavy (non-hydrogen) atoms. The van der Waals surface area contributed by atoms with Crippen LogP contribution in [0.4, 0.5) is 15.9 Å². The Morgan fingerprint density at radius 1 is 0.947 bits per heavy atom. The van der Waals surface area contributed by atoms with E-state index in [4.69, 9.17) is 24.4 Å². The number of nitrogens with zero attached hydrogens (tertiary/aromatic N) is 10. The topological polar surface area (TPSA) is 173 Å². The lowest BCUT2D eigenvalue weighted by atomic mass is 9.81. The Kier molecular flexibility index (Phi) is 12.4. The number of amides is 1. The number of aliphatic hydroxyl groups is 1. The van der Waals surface area contributed by atoms with Crippen molar-refractivity contribution in [2.75, 3.05) is 69.3 Å². The van der Waals surface area contributed by atoms with Crippen molar-refractivity contribution in [2.45, 2.75) is 116 Å². The number of ether oxygens (including phenoxy) is 2. The zero-order valence-electron chi connectivity index (χ0n) is 43.4. The summed E-state index contributed by atoms with van der Waals surface area (Å²) in [7, 11) is 2.13. The molecular formula is C58H63FN10O6. The van der Waals surface area contributed by atoms with E-state index in [0.717, 1.165) is 65.1 Å². The number of fused-ring (bicyclic) bond motifs is 7. The molecule has 1 amide bonds. The van der Waals surface area contributed by atoms with Gasteiger partial charge in [-0.3, -0.25) is 14.5 Å². The summed E-state index contributed by atoms with van der Waals surface area (Å²) in [6.45, 7) is 12.3. The molecule has 6 aliphatic rings. The van der Waals surface area contributed by atoms with E-state index in [0.29, 0.717) is 87.1 Å². The predicted octanol–water partition coefficient (Wildman–Crippen LogP) is 6.75. The van der Waals surface area contributed by atoms with Crippen LogP contribution < -0.4 is 20.1 Å². The summed E-state index contributed by atoms with van der Waals surface area (Å²) in [5.41, 5.74) is 6.95. The lowest BCUT2D eigenvalue weighted by Crippen LogP contribution is -2.57. The van der Waals surface area contributed by atoms with Crippen molar-refractivity contribution < 1.29 is 28.6 Å². The molecule has 1 N–H and O–H groups in total. The minimum Gasteiger partial charge on any atom is -0.462 e. The van der Waals surface area contributed by atoms with Crippen LogP contribution in [0.2, 0.25) is 0 Å². The number of likely N-dealkylation sites (tertiary alicyclic amines) is 1. The van der Waals surface area contributed by atoms with Crippen LogP contribution in [-0.4, -0.2) is 123 Å². The van der Waals surface area contributed by atoms with Gasteiger partial charge in [-0.2, -0.15) is 15.2 Å². The van der Waals surface area contributed by atoms with E-state index >= 15 is 4.39 Å². The Morgan fingerprint density at radius 3 is 2.55 bits per heavy atom. The molecule has 3 aromatic carbocycles. The zero-order chi connectivity index (χ0) is 52.0. The molecule has 16 nitrogen and oxygen atoms in total. The molecule has 2 fully saturated rings. The summed E-state index contributed by atoms with van der Waals surface area (Å²) in [5.74, 6) is -0.466. The van der Waals surface area contributed by atoms with Crippen LogP contribution in [0.15, 0.2) is 53.3 Å². The van der Waals surface area contributed by atoms with Crippen LogP contribution >= 0.6 is 0 Å². The molecule has 1 aliphatic carbocycles. The maximum absolute atomic E-state index is 15.8. The third-order valence-corrected chi connectivity index (χ3v) is 17.5. The molecule has 0 bridgehead atoms. The summed E-state index contributed by atoms with van der Waals surface area (Å²) in [6.07, 6.45) is 4.18. The molecule has 0 saturated carbocycles. The smallest absolute Gasteiger partial charge is 0.343 e. The first-order valence-corrected chi connectivity index (χ1v) is 26.7. The number of benzene rings is 3. The number of halogens is 1. The van der Waals surface area contributed by atoms with Crippen molar-refractivity contribution in [3.63, 3.8) is 0 Å². The average Bonchev–Trinajstić information content (AvgIpc) is 4.06. The number of carbonyl (C=O) groups is 2. The molecule has 0 unspecified atom stereocenters. The quantitative estimate of drug-likeness (QED) is 0.135. The van der Waals surface area contributed by atoms with Crippen molar-refractivity contribution in [2.24, 2.45) is 0 Å². The highest BCUT2D eigenvalue weighted by Crippen LogP contribution is 2.48. The first-order valence-electron chi connectivity index (χ1n) is 26.7. The number of rotatable bonds is 11. The number of pyridine rings is 2. The number of piperazine rings is 1. The minimum atomic E-state index is -2.00. The Balaban J connectivity index is 0.848. The molecule has 2 saturated heterocycles. The van der Waals surface area contributed by atoms with Crippen LogP contribution in [0.1, 0.15) is 102 Å². The molecular weight excluding hydrogens is 952 g/mol. The summed E-state index contributed by atoms with van der Waals surface area (Å²) in [5, 5.41) is 25.2. The number of likely N-dealkylation sites (N-methyl/N-ethyl adjacent to an activating group) is 2. The average molecular weight is 1020 g/mol. The number of aryl methyl sites for hydroxylation is 2. The number of esters is 1. The number of hydrogen-bond acceptors (Lipinski definition) is 14. The molecule has 6 aromatic rings. The second kappa shape index (κ2) is 19.0. The number of aromatic nitrogens is 4. The minimum absolute atomic E-state index is 0.00742. The Labute approximate surface area is 435 Å². The Hall–Kier alpha value is -7.00. The molecule has 3 aromatic heterocycles. The number of carbonyl (C=O) groups excluding carboxylic acids is 2. The fraction of sp³-hybridized carbons (Fsp3) is 0.466. The van der Waals surface area contributed by atoms with Gasteiger partial charge in [0.1, 0.15) is 24.8 Å². The number of cyclic esters (lactones) is 1. The van der Waals surface area contributed by atoms with Gasteiger partial charge in [-0.15, -0.1) is 0 Å². The standard InChI is InChI=1S/C58H63FN10O6/c1-6-58(73)42-25-48-53-40(28-69(48)55(71)41(42)32-74-56(58)72)52-47(17-16-38-34(4)43(59)26-44(61-53)51(38)52)65(7-2)30-49(70)68-24-23-67(27-36(68)18-20-60)54-39-19-22-66(46-15-9-13-35-12-8-11-33(3)50(35)46)29-45(39)62-57(63-54)75-31-37-14-10-21-64(37)5/h8-9,11-13,15,25-26,36-37,47,73H,6-7,10,14,16-19,21-24,27-32H2,1-5H3/t36-,37-,47-,58-/m0/s1. The highest BCUT2D eigenvalue weighted by atomic mass is 19.1. The molecule has 17 heteroatoms. The largest absolute Gasteiger partial charge is 0.462 e. The van der Waals surface area contributed by atoms with Gasteiger partial charge in [-0.05, 0) is 112 Å². The predicted molar refractivity (Wildman–Crippen MR) is 282 cm³/mol. The lowest BCUT2D eigenvalue weighted by molar-refractivity contribution is -0.172. The number of nitriles is 1. The monoisotopic (exact) mass is 1010 g/mol. The first-order chi connectivity index (χ1) is 36.3. The van der Waals surface area contributed by atoms with Gasteiger partial charge in [0, 0.05) is 77.5 Å². The zero-order valence-corrected chi connectivity index (χ0v) is 43.4. The third-order valence-electron chi connectivity index (χ3n) is 17.5. The van der Waals surface area contributed by atoms with Gasteiger partial charge in [-0.1, -0.05) is 44.2 Å². The van der Waals surface area contributed by atoms with Gasteiger partial charge in [0.2, 0.25) is 5.91 Å². The van der Waals surface area contributed by atoms with Crippen LogP contribution in [0.3, 0.4) is 0 Å².